The number of amides is 1. The number of thioether (sulfide) groups is 1. The van der Waals surface area contributed by atoms with Gasteiger partial charge in [0.05, 0.1) is 10.5 Å². The minimum atomic E-state index is -1.17. The van der Waals surface area contributed by atoms with E-state index in [4.69, 9.17) is 5.11 Å². The highest BCUT2D eigenvalue weighted by Gasteiger charge is 2.21. The van der Waals surface area contributed by atoms with E-state index in [1.807, 2.05) is 13.8 Å². The molecule has 1 amide bonds. The maximum Gasteiger partial charge on any atom is 0.325 e. The van der Waals surface area contributed by atoms with Gasteiger partial charge in [0, 0.05) is 22.3 Å². The summed E-state index contributed by atoms with van der Waals surface area (Å²) < 4.78 is 0. The van der Waals surface area contributed by atoms with Gasteiger partial charge < -0.3 is 10.4 Å². The van der Waals surface area contributed by atoms with Crippen LogP contribution in [0.1, 0.15) is 31.1 Å². The third kappa shape index (κ3) is 4.75. The van der Waals surface area contributed by atoms with Gasteiger partial charge in [-0.1, -0.05) is 13.8 Å². The second-order valence-corrected chi connectivity index (χ2v) is 6.26. The van der Waals surface area contributed by atoms with Crippen LogP contribution in [0.25, 0.3) is 0 Å². The first kappa shape index (κ1) is 17.0. The molecule has 7 nitrogen and oxygen atoms in total. The number of nitro groups is 1. The van der Waals surface area contributed by atoms with Gasteiger partial charge in [-0.2, -0.15) is 0 Å². The van der Waals surface area contributed by atoms with E-state index in [-0.39, 0.29) is 16.5 Å². The summed E-state index contributed by atoms with van der Waals surface area (Å²) in [5, 5.41) is 22.1. The second-order valence-electron chi connectivity index (χ2n) is 4.64. The van der Waals surface area contributed by atoms with Crippen LogP contribution >= 0.6 is 11.8 Å². The monoisotopic (exact) mass is 312 g/mol. The van der Waals surface area contributed by atoms with Gasteiger partial charge >= 0.3 is 5.97 Å². The number of hydrogen-bond acceptors (Lipinski definition) is 5. The van der Waals surface area contributed by atoms with Crippen LogP contribution in [0.2, 0.25) is 0 Å². The highest BCUT2D eigenvalue weighted by Crippen LogP contribution is 2.29. The Morgan fingerprint density at radius 1 is 1.33 bits per heavy atom. The maximum atomic E-state index is 12.1. The fourth-order valence-electron chi connectivity index (χ4n) is 1.50. The van der Waals surface area contributed by atoms with Crippen LogP contribution in [0.3, 0.4) is 0 Å². The molecule has 1 rings (SSSR count). The Morgan fingerprint density at radius 3 is 2.43 bits per heavy atom. The van der Waals surface area contributed by atoms with Gasteiger partial charge in [-0.3, -0.25) is 19.7 Å². The van der Waals surface area contributed by atoms with Gasteiger partial charge in [-0.25, -0.2) is 0 Å². The van der Waals surface area contributed by atoms with E-state index >= 15 is 0 Å². The summed E-state index contributed by atoms with van der Waals surface area (Å²) in [7, 11) is 0. The van der Waals surface area contributed by atoms with Crippen LogP contribution in [-0.4, -0.2) is 33.2 Å². The molecule has 0 aliphatic carbocycles. The van der Waals surface area contributed by atoms with E-state index in [1.165, 1.54) is 30.8 Å². The van der Waals surface area contributed by atoms with Crippen molar-refractivity contribution in [1.29, 1.82) is 0 Å². The van der Waals surface area contributed by atoms with Crippen LogP contribution in [0, 0.1) is 10.1 Å². The van der Waals surface area contributed by atoms with Crippen molar-refractivity contribution in [3.8, 4) is 0 Å². The third-order valence-corrected chi connectivity index (χ3v) is 3.58. The van der Waals surface area contributed by atoms with Crippen LogP contribution < -0.4 is 5.32 Å². The largest absolute Gasteiger partial charge is 0.480 e. The highest BCUT2D eigenvalue weighted by atomic mass is 32.2. The van der Waals surface area contributed by atoms with Crippen molar-refractivity contribution in [3.05, 3.63) is 33.9 Å². The molecule has 0 fully saturated rings. The van der Waals surface area contributed by atoms with Gasteiger partial charge in [0.15, 0.2) is 0 Å². The SMILES string of the molecule is CC(C)Sc1ccc([N+](=O)[O-])cc1C(=O)NC(C)C(=O)O. The molecular formula is C13H16N2O5S. The Bertz CT molecular complexity index is 574. The number of carbonyl (C=O) groups is 2. The number of aliphatic carboxylic acids is 1. The summed E-state index contributed by atoms with van der Waals surface area (Å²) in [6.45, 7) is 5.17. The normalized spacial score (nSPS) is 12.0. The van der Waals surface area contributed by atoms with Crippen LogP contribution in [-0.2, 0) is 4.79 Å². The van der Waals surface area contributed by atoms with E-state index < -0.39 is 22.8 Å². The molecule has 0 aliphatic rings. The molecule has 1 atom stereocenters. The lowest BCUT2D eigenvalue weighted by molar-refractivity contribution is -0.384. The molecule has 0 heterocycles. The molecule has 0 aromatic heterocycles. The average Bonchev–Trinajstić information content (AvgIpc) is 2.37. The molecule has 0 saturated heterocycles. The first-order valence-corrected chi connectivity index (χ1v) is 7.09. The van der Waals surface area contributed by atoms with E-state index in [2.05, 4.69) is 5.32 Å². The van der Waals surface area contributed by atoms with Gasteiger partial charge in [0.1, 0.15) is 6.04 Å². The zero-order valence-corrected chi connectivity index (χ0v) is 12.6. The Morgan fingerprint density at radius 2 is 1.95 bits per heavy atom. The second kappa shape index (κ2) is 7.07. The van der Waals surface area contributed by atoms with Crippen LogP contribution in [0.5, 0.6) is 0 Å². The molecule has 0 aliphatic heterocycles. The van der Waals surface area contributed by atoms with E-state index in [0.29, 0.717) is 4.90 Å². The molecule has 1 aromatic carbocycles. The number of carbonyl (C=O) groups excluding carboxylic acids is 1. The Kier molecular flexibility index (Phi) is 5.71. The molecule has 1 aromatic rings. The topological polar surface area (TPSA) is 110 Å². The number of benzene rings is 1. The van der Waals surface area contributed by atoms with E-state index in [9.17, 15) is 19.7 Å². The van der Waals surface area contributed by atoms with Crippen molar-refractivity contribution in [2.24, 2.45) is 0 Å². The number of nitrogens with one attached hydrogen (secondary N) is 1. The summed E-state index contributed by atoms with van der Waals surface area (Å²) in [5.74, 6) is -1.82. The standard InChI is InChI=1S/C13H16N2O5S/c1-7(2)21-11-5-4-9(15(19)20)6-10(11)12(16)14-8(3)13(17)18/h4-8H,1-3H3,(H,14,16)(H,17,18). The minimum Gasteiger partial charge on any atom is -0.480 e. The molecule has 0 radical (unpaired) electrons. The summed E-state index contributed by atoms with van der Waals surface area (Å²) in [5.41, 5.74) is -0.104. The molecule has 0 saturated carbocycles. The first-order valence-electron chi connectivity index (χ1n) is 6.21. The molecule has 8 heteroatoms. The zero-order chi connectivity index (χ0) is 16.2. The number of carboxylic acids is 1. The predicted molar refractivity (Wildman–Crippen MR) is 78.7 cm³/mol. The number of hydrogen-bond donors (Lipinski definition) is 2. The summed E-state index contributed by atoms with van der Waals surface area (Å²) in [4.78, 5) is 33.7. The number of nitro benzene ring substituents is 1. The molecule has 21 heavy (non-hydrogen) atoms. The van der Waals surface area contributed by atoms with Crippen molar-refractivity contribution in [2.45, 2.75) is 37.0 Å². The lowest BCUT2D eigenvalue weighted by Gasteiger charge is -2.13. The fraction of sp³-hybridized carbons (Fsp3) is 0.385. The summed E-state index contributed by atoms with van der Waals surface area (Å²) in [6, 6.07) is 2.91. The summed E-state index contributed by atoms with van der Waals surface area (Å²) in [6.07, 6.45) is 0. The number of rotatable bonds is 6. The number of nitrogens with zero attached hydrogens (tertiary/aromatic N) is 1. The first-order chi connectivity index (χ1) is 9.72. The Hall–Kier alpha value is -2.09. The maximum absolute atomic E-state index is 12.1. The van der Waals surface area contributed by atoms with Gasteiger partial charge in [-0.15, -0.1) is 11.8 Å². The van der Waals surface area contributed by atoms with Gasteiger partial charge in [0.2, 0.25) is 0 Å². The van der Waals surface area contributed by atoms with Crippen LogP contribution in [0.4, 0.5) is 5.69 Å². The van der Waals surface area contributed by atoms with Crippen molar-refractivity contribution < 1.29 is 19.6 Å². The Balaban J connectivity index is 3.15. The van der Waals surface area contributed by atoms with E-state index in [0.717, 1.165) is 6.07 Å². The van der Waals surface area contributed by atoms with Crippen molar-refractivity contribution in [1.82, 2.24) is 5.32 Å². The minimum absolute atomic E-state index is 0.107. The van der Waals surface area contributed by atoms with Crippen molar-refractivity contribution in [2.75, 3.05) is 0 Å². The smallest absolute Gasteiger partial charge is 0.325 e. The number of carboxylic acid groups (broad SMARTS) is 1. The van der Waals surface area contributed by atoms with Crippen molar-refractivity contribution in [3.63, 3.8) is 0 Å². The van der Waals surface area contributed by atoms with Crippen molar-refractivity contribution >= 4 is 29.3 Å². The molecule has 1 unspecified atom stereocenters. The lowest BCUT2D eigenvalue weighted by atomic mass is 10.1. The zero-order valence-electron chi connectivity index (χ0n) is 11.8. The fourth-order valence-corrected chi connectivity index (χ4v) is 2.43. The summed E-state index contributed by atoms with van der Waals surface area (Å²) >= 11 is 1.38. The van der Waals surface area contributed by atoms with Gasteiger partial charge in [0.25, 0.3) is 11.6 Å². The molecule has 0 spiro atoms. The molecule has 114 valence electrons. The highest BCUT2D eigenvalue weighted by molar-refractivity contribution is 8.00. The third-order valence-electron chi connectivity index (χ3n) is 2.50. The van der Waals surface area contributed by atoms with Gasteiger partial charge in [-0.05, 0) is 13.0 Å². The molecule has 2 N–H and O–H groups in total. The molecule has 0 bridgehead atoms. The lowest BCUT2D eigenvalue weighted by Crippen LogP contribution is -2.38. The number of non-ortho nitro benzene ring substituents is 1. The predicted octanol–water partition coefficient (Wildman–Crippen LogP) is 2.30. The van der Waals surface area contributed by atoms with E-state index in [1.54, 1.807) is 0 Å². The average molecular weight is 312 g/mol. The molecular weight excluding hydrogens is 296 g/mol. The quantitative estimate of drug-likeness (QED) is 0.474. The van der Waals surface area contributed by atoms with Crippen LogP contribution in [0.15, 0.2) is 23.1 Å². The Labute approximate surface area is 125 Å².